The molecule has 0 aromatic rings. The highest BCUT2D eigenvalue weighted by molar-refractivity contribution is 5.33. The first-order valence-electron chi connectivity index (χ1n) is 4.28. The molecule has 2 aliphatic carbocycles. The van der Waals surface area contributed by atoms with E-state index in [-0.39, 0.29) is 0 Å². The maximum absolute atomic E-state index is 2.34. The van der Waals surface area contributed by atoms with Crippen molar-refractivity contribution in [1.29, 1.82) is 0 Å². The van der Waals surface area contributed by atoms with Gasteiger partial charge in [-0.25, -0.2) is 0 Å². The average Bonchev–Trinajstić information content (AvgIpc) is 2.70. The third-order valence-electron chi connectivity index (χ3n) is 2.52. The zero-order chi connectivity index (χ0) is 6.97. The van der Waals surface area contributed by atoms with Crippen LogP contribution in [0.5, 0.6) is 0 Å². The van der Waals surface area contributed by atoms with Crippen LogP contribution in [0.25, 0.3) is 0 Å². The monoisotopic (exact) mass is 134 g/mol. The molecule has 0 aromatic carbocycles. The van der Waals surface area contributed by atoms with E-state index in [1.54, 1.807) is 11.1 Å². The lowest BCUT2D eigenvalue weighted by Crippen LogP contribution is -1.82. The molecule has 0 atom stereocenters. The summed E-state index contributed by atoms with van der Waals surface area (Å²) in [6, 6.07) is 0. The van der Waals surface area contributed by atoms with Crippen LogP contribution in [0.1, 0.15) is 32.6 Å². The van der Waals surface area contributed by atoms with Gasteiger partial charge in [0.25, 0.3) is 0 Å². The van der Waals surface area contributed by atoms with Crippen molar-refractivity contribution in [1.82, 2.24) is 0 Å². The zero-order valence-corrected chi connectivity index (χ0v) is 6.56. The largest absolute Gasteiger partial charge is 0.0664 e. The van der Waals surface area contributed by atoms with Crippen molar-refractivity contribution in [2.24, 2.45) is 5.92 Å². The lowest BCUT2D eigenvalue weighted by molar-refractivity contribution is 0.912. The van der Waals surface area contributed by atoms with Crippen LogP contribution in [0.2, 0.25) is 0 Å². The van der Waals surface area contributed by atoms with Gasteiger partial charge in [0.1, 0.15) is 0 Å². The molecule has 0 heterocycles. The van der Waals surface area contributed by atoms with Crippen molar-refractivity contribution in [2.75, 3.05) is 0 Å². The van der Waals surface area contributed by atoms with E-state index in [1.165, 1.54) is 25.7 Å². The van der Waals surface area contributed by atoms with Gasteiger partial charge in [-0.15, -0.1) is 0 Å². The Balaban J connectivity index is 1.95. The Morgan fingerprint density at radius 3 is 2.70 bits per heavy atom. The van der Waals surface area contributed by atoms with E-state index in [4.69, 9.17) is 0 Å². The molecule has 0 N–H and O–H groups in total. The summed E-state index contributed by atoms with van der Waals surface area (Å²) in [6.45, 7) is 2.25. The van der Waals surface area contributed by atoms with Crippen LogP contribution < -0.4 is 0 Å². The molecular formula is C10H14. The fraction of sp³-hybridized carbons (Fsp3) is 0.600. The fourth-order valence-electron chi connectivity index (χ4n) is 1.58. The summed E-state index contributed by atoms with van der Waals surface area (Å²) in [6.07, 6.45) is 10.1. The maximum Gasteiger partial charge on any atom is -0.00995 e. The Hall–Kier alpha value is -0.520. The third kappa shape index (κ3) is 1.03. The summed E-state index contributed by atoms with van der Waals surface area (Å²) < 4.78 is 0. The molecule has 0 saturated heterocycles. The molecule has 0 bridgehead atoms. The van der Waals surface area contributed by atoms with Gasteiger partial charge in [-0.05, 0) is 31.6 Å². The number of hydrogen-bond acceptors (Lipinski definition) is 0. The first-order chi connectivity index (χ1) is 4.90. The third-order valence-corrected chi connectivity index (χ3v) is 2.52. The topological polar surface area (TPSA) is 0 Å². The van der Waals surface area contributed by atoms with Gasteiger partial charge < -0.3 is 0 Å². The van der Waals surface area contributed by atoms with Crippen LogP contribution in [0, 0.1) is 5.92 Å². The second-order valence-electron chi connectivity index (χ2n) is 3.37. The smallest absolute Gasteiger partial charge is 0.00995 e. The van der Waals surface area contributed by atoms with E-state index in [0.717, 1.165) is 5.92 Å². The van der Waals surface area contributed by atoms with Gasteiger partial charge in [0, 0.05) is 0 Å². The average molecular weight is 134 g/mol. The van der Waals surface area contributed by atoms with Gasteiger partial charge in [-0.1, -0.05) is 30.2 Å². The molecule has 10 heavy (non-hydrogen) atoms. The molecule has 0 unspecified atom stereocenters. The van der Waals surface area contributed by atoms with Crippen molar-refractivity contribution < 1.29 is 0 Å². The van der Waals surface area contributed by atoms with E-state index < -0.39 is 0 Å². The molecule has 0 amide bonds. The summed E-state index contributed by atoms with van der Waals surface area (Å²) in [5.41, 5.74) is 3.33. The van der Waals surface area contributed by atoms with Crippen LogP contribution >= 0.6 is 0 Å². The van der Waals surface area contributed by atoms with Gasteiger partial charge in [0.2, 0.25) is 0 Å². The summed E-state index contributed by atoms with van der Waals surface area (Å²) in [5, 5.41) is 0. The van der Waals surface area contributed by atoms with Gasteiger partial charge in [-0.2, -0.15) is 0 Å². The van der Waals surface area contributed by atoms with Crippen LogP contribution in [0.4, 0.5) is 0 Å². The Labute approximate surface area is 62.6 Å². The maximum atomic E-state index is 2.34. The zero-order valence-electron chi connectivity index (χ0n) is 6.56. The lowest BCUT2D eigenvalue weighted by Gasteiger charge is -1.99. The van der Waals surface area contributed by atoms with Crippen LogP contribution in [0.15, 0.2) is 23.3 Å². The summed E-state index contributed by atoms with van der Waals surface area (Å²) in [4.78, 5) is 0. The van der Waals surface area contributed by atoms with E-state index in [2.05, 4.69) is 19.1 Å². The van der Waals surface area contributed by atoms with E-state index >= 15 is 0 Å². The number of allylic oxidation sites excluding steroid dienone is 4. The van der Waals surface area contributed by atoms with Gasteiger partial charge in [0.15, 0.2) is 0 Å². The van der Waals surface area contributed by atoms with Crippen molar-refractivity contribution in [3.8, 4) is 0 Å². The molecule has 0 radical (unpaired) electrons. The van der Waals surface area contributed by atoms with E-state index in [9.17, 15) is 0 Å². The van der Waals surface area contributed by atoms with Gasteiger partial charge in [-0.3, -0.25) is 0 Å². The fourth-order valence-corrected chi connectivity index (χ4v) is 1.58. The number of hydrogen-bond donors (Lipinski definition) is 0. The SMILES string of the molecule is CCC1=CC=C(C2CC2)C1. The Bertz CT molecular complexity index is 192. The molecule has 0 aliphatic heterocycles. The molecule has 0 spiro atoms. The lowest BCUT2D eigenvalue weighted by atomic mass is 10.1. The van der Waals surface area contributed by atoms with E-state index in [0.29, 0.717) is 0 Å². The number of rotatable bonds is 2. The molecule has 2 rings (SSSR count). The summed E-state index contributed by atoms with van der Waals surface area (Å²) in [7, 11) is 0. The molecular weight excluding hydrogens is 120 g/mol. The molecule has 54 valence electrons. The second-order valence-corrected chi connectivity index (χ2v) is 3.37. The highest BCUT2D eigenvalue weighted by atomic mass is 14.3. The van der Waals surface area contributed by atoms with Crippen LogP contribution in [0.3, 0.4) is 0 Å². The predicted molar refractivity (Wildman–Crippen MR) is 43.8 cm³/mol. The van der Waals surface area contributed by atoms with Crippen molar-refractivity contribution in [3.63, 3.8) is 0 Å². The molecule has 0 aromatic heterocycles. The molecule has 0 nitrogen and oxygen atoms in total. The van der Waals surface area contributed by atoms with Gasteiger partial charge >= 0.3 is 0 Å². The quantitative estimate of drug-likeness (QED) is 0.544. The summed E-state index contributed by atoms with van der Waals surface area (Å²) >= 11 is 0. The Morgan fingerprint density at radius 1 is 1.40 bits per heavy atom. The second kappa shape index (κ2) is 2.26. The van der Waals surface area contributed by atoms with Crippen LogP contribution in [-0.2, 0) is 0 Å². The minimum absolute atomic E-state index is 0.986. The highest BCUT2D eigenvalue weighted by Crippen LogP contribution is 2.41. The molecule has 1 fully saturated rings. The van der Waals surface area contributed by atoms with Crippen molar-refractivity contribution in [2.45, 2.75) is 32.6 Å². The van der Waals surface area contributed by atoms with Crippen LogP contribution in [-0.4, -0.2) is 0 Å². The molecule has 1 saturated carbocycles. The first-order valence-corrected chi connectivity index (χ1v) is 4.28. The van der Waals surface area contributed by atoms with Crippen molar-refractivity contribution in [3.05, 3.63) is 23.3 Å². The Morgan fingerprint density at radius 2 is 2.20 bits per heavy atom. The Kier molecular flexibility index (Phi) is 1.40. The first kappa shape index (κ1) is 6.21. The standard InChI is InChI=1S/C10H14/c1-2-8-3-4-10(7-8)9-5-6-9/h3-4,9H,2,5-7H2,1H3. The molecule has 0 heteroatoms. The van der Waals surface area contributed by atoms with Crippen molar-refractivity contribution >= 4 is 0 Å². The highest BCUT2D eigenvalue weighted by Gasteiger charge is 2.26. The minimum atomic E-state index is 0.986. The normalized spacial score (nSPS) is 24.5. The predicted octanol–water partition coefficient (Wildman–Crippen LogP) is 3.06. The summed E-state index contributed by atoms with van der Waals surface area (Å²) in [5.74, 6) is 0.986. The van der Waals surface area contributed by atoms with E-state index in [1.807, 2.05) is 0 Å². The van der Waals surface area contributed by atoms with Gasteiger partial charge in [0.05, 0.1) is 0 Å². The minimum Gasteiger partial charge on any atom is -0.0664 e. The molecule has 2 aliphatic rings.